The molecule has 0 saturated carbocycles. The maximum atomic E-state index is 13.3. The SMILES string of the molecule is O=C1CC(C(=O)N2CCC3(CCN(S(=O)(=O)c4cccs4)CC3)C2)CN1CCc1ccccc1. The van der Waals surface area contributed by atoms with Crippen LogP contribution in [0.1, 0.15) is 31.2 Å². The summed E-state index contributed by atoms with van der Waals surface area (Å²) in [6, 6.07) is 13.5. The molecule has 2 amide bonds. The third-order valence-electron chi connectivity index (χ3n) is 7.70. The second-order valence-electron chi connectivity index (χ2n) is 9.82. The summed E-state index contributed by atoms with van der Waals surface area (Å²) in [7, 11) is -3.42. The minimum Gasteiger partial charge on any atom is -0.342 e. The molecule has 1 atom stereocenters. The van der Waals surface area contributed by atoms with Crippen LogP contribution in [0.25, 0.3) is 0 Å². The van der Waals surface area contributed by atoms with E-state index in [1.54, 1.807) is 21.8 Å². The fourth-order valence-corrected chi connectivity index (χ4v) is 8.18. The normalized spacial score (nSPS) is 23.2. The largest absolute Gasteiger partial charge is 0.342 e. The van der Waals surface area contributed by atoms with Crippen LogP contribution in [0.3, 0.4) is 0 Å². The first-order chi connectivity index (χ1) is 16.4. The van der Waals surface area contributed by atoms with Gasteiger partial charge in [-0.15, -0.1) is 11.3 Å². The number of rotatable bonds is 6. The van der Waals surface area contributed by atoms with Crippen molar-refractivity contribution in [2.45, 2.75) is 36.3 Å². The molecule has 34 heavy (non-hydrogen) atoms. The monoisotopic (exact) mass is 501 g/mol. The molecule has 9 heteroatoms. The van der Waals surface area contributed by atoms with Gasteiger partial charge in [0.25, 0.3) is 10.0 Å². The lowest BCUT2D eigenvalue weighted by Gasteiger charge is -2.38. The van der Waals surface area contributed by atoms with E-state index in [1.165, 1.54) is 16.9 Å². The van der Waals surface area contributed by atoms with Crippen molar-refractivity contribution in [3.63, 3.8) is 0 Å². The Labute approximate surface area is 205 Å². The first-order valence-corrected chi connectivity index (χ1v) is 14.3. The molecule has 0 N–H and O–H groups in total. The Morgan fingerprint density at radius 2 is 1.76 bits per heavy atom. The highest BCUT2D eigenvalue weighted by Crippen LogP contribution is 2.42. The Hall–Kier alpha value is -2.23. The van der Waals surface area contributed by atoms with Crippen LogP contribution in [0.15, 0.2) is 52.1 Å². The summed E-state index contributed by atoms with van der Waals surface area (Å²) in [5, 5.41) is 1.79. The second kappa shape index (κ2) is 9.43. The summed E-state index contributed by atoms with van der Waals surface area (Å²) in [5.74, 6) is -0.117. The average molecular weight is 502 g/mol. The van der Waals surface area contributed by atoms with Crippen LogP contribution in [-0.4, -0.2) is 73.6 Å². The molecule has 1 unspecified atom stereocenters. The van der Waals surface area contributed by atoms with Crippen LogP contribution < -0.4 is 0 Å². The highest BCUT2D eigenvalue weighted by atomic mass is 32.2. The number of benzene rings is 1. The van der Waals surface area contributed by atoms with Crippen molar-refractivity contribution in [3.8, 4) is 0 Å². The lowest BCUT2D eigenvalue weighted by atomic mass is 9.78. The molecule has 1 spiro atoms. The lowest BCUT2D eigenvalue weighted by molar-refractivity contribution is -0.135. The second-order valence-corrected chi connectivity index (χ2v) is 12.9. The number of hydrogen-bond acceptors (Lipinski definition) is 5. The van der Waals surface area contributed by atoms with E-state index in [2.05, 4.69) is 12.1 Å². The average Bonchev–Trinajstić information content (AvgIpc) is 3.60. The summed E-state index contributed by atoms with van der Waals surface area (Å²) in [6.07, 6.45) is 3.54. The van der Waals surface area contributed by atoms with Crippen molar-refractivity contribution >= 4 is 33.2 Å². The number of carbonyl (C=O) groups excluding carboxylic acids is 2. The van der Waals surface area contributed by atoms with Crippen molar-refractivity contribution in [1.82, 2.24) is 14.1 Å². The third-order valence-corrected chi connectivity index (χ3v) is 11.0. The zero-order chi connectivity index (χ0) is 23.8. The Morgan fingerprint density at radius 1 is 1.03 bits per heavy atom. The van der Waals surface area contributed by atoms with Gasteiger partial charge in [-0.3, -0.25) is 9.59 Å². The Morgan fingerprint density at radius 3 is 2.47 bits per heavy atom. The number of nitrogens with zero attached hydrogens (tertiary/aromatic N) is 3. The van der Waals surface area contributed by atoms with E-state index in [0.29, 0.717) is 49.9 Å². The van der Waals surface area contributed by atoms with Gasteiger partial charge >= 0.3 is 0 Å². The van der Waals surface area contributed by atoms with Crippen LogP contribution in [0.4, 0.5) is 0 Å². The molecule has 3 fully saturated rings. The van der Waals surface area contributed by atoms with E-state index in [4.69, 9.17) is 0 Å². The molecule has 3 aliphatic heterocycles. The van der Waals surface area contributed by atoms with Gasteiger partial charge in [-0.1, -0.05) is 36.4 Å². The molecule has 2 aromatic rings. The summed E-state index contributed by atoms with van der Waals surface area (Å²) in [4.78, 5) is 29.6. The quantitative estimate of drug-likeness (QED) is 0.610. The molecule has 7 nitrogen and oxygen atoms in total. The number of thiophene rings is 1. The molecular weight excluding hydrogens is 470 g/mol. The summed E-state index contributed by atoms with van der Waals surface area (Å²) < 4.78 is 27.7. The molecule has 0 aliphatic carbocycles. The highest BCUT2D eigenvalue weighted by molar-refractivity contribution is 7.91. The van der Waals surface area contributed by atoms with Gasteiger partial charge in [0.1, 0.15) is 4.21 Å². The molecule has 182 valence electrons. The van der Waals surface area contributed by atoms with Gasteiger partial charge in [-0.05, 0) is 48.1 Å². The molecule has 1 aromatic carbocycles. The first kappa shape index (κ1) is 23.5. The minimum absolute atomic E-state index is 0.00720. The summed E-state index contributed by atoms with van der Waals surface area (Å²) in [6.45, 7) is 3.51. The van der Waals surface area contributed by atoms with Crippen molar-refractivity contribution in [3.05, 3.63) is 53.4 Å². The van der Waals surface area contributed by atoms with E-state index >= 15 is 0 Å². The maximum Gasteiger partial charge on any atom is 0.252 e. The Bertz CT molecular complexity index is 1130. The van der Waals surface area contributed by atoms with Crippen molar-refractivity contribution in [1.29, 1.82) is 0 Å². The van der Waals surface area contributed by atoms with Crippen molar-refractivity contribution in [2.24, 2.45) is 11.3 Å². The van der Waals surface area contributed by atoms with Gasteiger partial charge in [0.2, 0.25) is 11.8 Å². The first-order valence-electron chi connectivity index (χ1n) is 12.0. The van der Waals surface area contributed by atoms with Crippen molar-refractivity contribution in [2.75, 3.05) is 39.3 Å². The van der Waals surface area contributed by atoms with Gasteiger partial charge in [0, 0.05) is 45.7 Å². The number of hydrogen-bond donors (Lipinski definition) is 0. The van der Waals surface area contributed by atoms with Gasteiger partial charge in [-0.25, -0.2) is 8.42 Å². The molecule has 4 heterocycles. The number of likely N-dealkylation sites (tertiary alicyclic amines) is 2. The van der Waals surface area contributed by atoms with E-state index in [0.717, 1.165) is 25.7 Å². The van der Waals surface area contributed by atoms with Crippen molar-refractivity contribution < 1.29 is 18.0 Å². The van der Waals surface area contributed by atoms with Gasteiger partial charge in [0.15, 0.2) is 0 Å². The highest BCUT2D eigenvalue weighted by Gasteiger charge is 2.46. The van der Waals surface area contributed by atoms with E-state index in [-0.39, 0.29) is 23.1 Å². The number of sulfonamides is 1. The summed E-state index contributed by atoms with van der Waals surface area (Å²) >= 11 is 1.25. The topological polar surface area (TPSA) is 78.0 Å². The van der Waals surface area contributed by atoms with Gasteiger partial charge in [0.05, 0.1) is 5.92 Å². The predicted molar refractivity (Wildman–Crippen MR) is 131 cm³/mol. The molecular formula is C25H31N3O4S2. The van der Waals surface area contributed by atoms with E-state index < -0.39 is 10.0 Å². The summed E-state index contributed by atoms with van der Waals surface area (Å²) in [5.41, 5.74) is 1.19. The van der Waals surface area contributed by atoms with Gasteiger partial charge < -0.3 is 9.80 Å². The molecule has 5 rings (SSSR count). The third kappa shape index (κ3) is 4.65. The van der Waals surface area contributed by atoms with Crippen LogP contribution in [0.5, 0.6) is 0 Å². The predicted octanol–water partition coefficient (Wildman–Crippen LogP) is 2.84. The van der Waals surface area contributed by atoms with Gasteiger partial charge in [-0.2, -0.15) is 4.31 Å². The molecule has 0 radical (unpaired) electrons. The van der Waals surface area contributed by atoms with E-state index in [9.17, 15) is 18.0 Å². The van der Waals surface area contributed by atoms with Crippen LogP contribution in [-0.2, 0) is 26.0 Å². The zero-order valence-corrected chi connectivity index (χ0v) is 20.9. The fourth-order valence-electron chi connectivity index (χ4n) is 5.59. The van der Waals surface area contributed by atoms with E-state index in [1.807, 2.05) is 28.0 Å². The number of carbonyl (C=O) groups is 2. The zero-order valence-electron chi connectivity index (χ0n) is 19.3. The molecule has 3 saturated heterocycles. The number of piperidine rings is 1. The molecule has 0 bridgehead atoms. The lowest BCUT2D eigenvalue weighted by Crippen LogP contribution is -2.45. The number of amides is 2. The van der Waals surface area contributed by atoms with Crippen LogP contribution in [0.2, 0.25) is 0 Å². The smallest absolute Gasteiger partial charge is 0.252 e. The Kier molecular flexibility index (Phi) is 6.52. The molecule has 3 aliphatic rings. The molecule has 1 aromatic heterocycles. The fraction of sp³-hybridized carbons (Fsp3) is 0.520. The maximum absolute atomic E-state index is 13.3. The van der Waals surface area contributed by atoms with Crippen LogP contribution in [0, 0.1) is 11.3 Å². The Balaban J connectivity index is 1.14. The van der Waals surface area contributed by atoms with Crippen LogP contribution >= 0.6 is 11.3 Å². The standard InChI is InChI=1S/C25H31N3O4S2/c29-22-17-21(18-26(22)12-8-20-5-2-1-3-6-20)24(30)27-13-9-25(19-27)10-14-28(15-11-25)34(31,32)23-7-4-16-33-23/h1-7,16,21H,8-15,17-19H2. The minimum atomic E-state index is -3.42.